The molecule has 1 aromatic carbocycles. The van der Waals surface area contributed by atoms with E-state index in [9.17, 15) is 29.7 Å². The lowest BCUT2D eigenvalue weighted by atomic mass is 9.44. The summed E-state index contributed by atoms with van der Waals surface area (Å²) in [6, 6.07) is 11.1. The number of aromatic nitrogens is 4. The number of pyridine rings is 2. The molecule has 10 rings (SSSR count). The van der Waals surface area contributed by atoms with Crippen LogP contribution >= 0.6 is 0 Å². The van der Waals surface area contributed by atoms with Crippen LogP contribution in [0, 0.1) is 59.7 Å². The Morgan fingerprint density at radius 3 is 2.41 bits per heavy atom. The summed E-state index contributed by atoms with van der Waals surface area (Å²) in [5, 5.41) is 39.6. The molecule has 2 saturated heterocycles. The number of anilines is 1. The van der Waals surface area contributed by atoms with Gasteiger partial charge in [0.15, 0.2) is 11.5 Å². The van der Waals surface area contributed by atoms with Crippen LogP contribution in [-0.4, -0.2) is 102 Å². The second kappa shape index (κ2) is 16.4. The van der Waals surface area contributed by atoms with Crippen molar-refractivity contribution >= 4 is 34.3 Å². The Balaban J connectivity index is 0.000000174. The number of fused-ring (bicyclic) bond motifs is 6. The molecule has 4 N–H and O–H groups in total. The highest BCUT2D eigenvalue weighted by Crippen LogP contribution is 2.67. The van der Waals surface area contributed by atoms with Gasteiger partial charge in [-0.1, -0.05) is 19.9 Å². The molecule has 4 aliphatic carbocycles. The summed E-state index contributed by atoms with van der Waals surface area (Å²) >= 11 is 0. The number of halogens is 1. The number of imidazole rings is 1. The Hall–Kier alpha value is -5.10. The maximum absolute atomic E-state index is 15.7. The van der Waals surface area contributed by atoms with Crippen molar-refractivity contribution in [2.45, 2.75) is 116 Å². The fraction of sp³-hybridized carbons (Fsp3) is 0.580. The number of benzene rings is 1. The van der Waals surface area contributed by atoms with Crippen molar-refractivity contribution < 1.29 is 34.1 Å². The van der Waals surface area contributed by atoms with Crippen LogP contribution in [0.15, 0.2) is 42.7 Å². The van der Waals surface area contributed by atoms with Crippen molar-refractivity contribution in [3.05, 3.63) is 70.7 Å². The van der Waals surface area contributed by atoms with Gasteiger partial charge in [-0.25, -0.2) is 14.4 Å². The van der Waals surface area contributed by atoms with E-state index < -0.39 is 29.1 Å². The van der Waals surface area contributed by atoms with Gasteiger partial charge in [-0.3, -0.25) is 19.4 Å². The number of piperidine rings is 1. The number of H-pyrrole nitrogens is 1. The zero-order chi connectivity index (χ0) is 45.3. The second-order valence-corrected chi connectivity index (χ2v) is 20.3. The SMILES string of the molecule is C[C@]12CC[C@@H](O)C[C@H]1CC[C@@H]1[C@@H]2C(=O)C[C@@]2(C)[C@H]1CC[C@]2(O)C(=O)CO.Cc1cc(C)c(-c2nc3cc(N4CCC4)ncc3[nH]2)cc1C(=O)N1CCC(F)(c2ccc(C#N)cn2)CC1. The van der Waals surface area contributed by atoms with E-state index in [0.29, 0.717) is 35.0 Å². The Labute approximate surface area is 373 Å². The Bertz CT molecular complexity index is 2530. The summed E-state index contributed by atoms with van der Waals surface area (Å²) in [6.07, 6.45) is 10.2. The first kappa shape index (κ1) is 44.1. The molecule has 338 valence electrons. The molecule has 8 atom stereocenters. The third-order valence-electron chi connectivity index (χ3n) is 16.9. The number of nitrogens with zero attached hydrogens (tertiary/aromatic N) is 6. The summed E-state index contributed by atoms with van der Waals surface area (Å²) in [7, 11) is 0. The molecule has 13 nitrogen and oxygen atoms in total. The number of aromatic amines is 1. The van der Waals surface area contributed by atoms with Crippen molar-refractivity contribution in [1.82, 2.24) is 24.8 Å². The summed E-state index contributed by atoms with van der Waals surface area (Å²) in [5.74, 6) is 1.90. The van der Waals surface area contributed by atoms with Crippen molar-refractivity contribution in [3.63, 3.8) is 0 Å². The van der Waals surface area contributed by atoms with E-state index in [2.05, 4.69) is 26.8 Å². The molecule has 0 bridgehead atoms. The predicted octanol–water partition coefficient (Wildman–Crippen LogP) is 6.68. The Kier molecular flexibility index (Phi) is 11.3. The molecule has 64 heavy (non-hydrogen) atoms. The van der Waals surface area contributed by atoms with Crippen LogP contribution in [0.5, 0.6) is 0 Å². The van der Waals surface area contributed by atoms with Crippen LogP contribution in [0.25, 0.3) is 22.4 Å². The number of aliphatic hydroxyl groups excluding tert-OH is 2. The lowest BCUT2D eigenvalue weighted by molar-refractivity contribution is -0.180. The number of carbonyl (C=O) groups excluding carboxylic acids is 3. The van der Waals surface area contributed by atoms with Crippen LogP contribution in [0.2, 0.25) is 0 Å². The number of ketones is 2. The molecule has 4 saturated carbocycles. The van der Waals surface area contributed by atoms with Crippen LogP contribution < -0.4 is 4.90 Å². The van der Waals surface area contributed by atoms with E-state index in [-0.39, 0.29) is 73.3 Å². The highest BCUT2D eigenvalue weighted by Gasteiger charge is 2.69. The van der Waals surface area contributed by atoms with Gasteiger partial charge in [0.2, 0.25) is 0 Å². The van der Waals surface area contributed by atoms with Crippen LogP contribution in [0.1, 0.15) is 117 Å². The zero-order valence-electron chi connectivity index (χ0n) is 37.4. The largest absolute Gasteiger partial charge is 0.393 e. The van der Waals surface area contributed by atoms with Crippen molar-refractivity contribution in [1.29, 1.82) is 5.26 Å². The van der Waals surface area contributed by atoms with Gasteiger partial charge in [-0.2, -0.15) is 5.26 Å². The second-order valence-electron chi connectivity index (χ2n) is 20.3. The van der Waals surface area contributed by atoms with E-state index in [1.807, 2.05) is 51.2 Å². The molecule has 2 aliphatic heterocycles. The van der Waals surface area contributed by atoms with E-state index in [4.69, 9.17) is 10.2 Å². The van der Waals surface area contributed by atoms with Crippen molar-refractivity contribution in [2.75, 3.05) is 37.7 Å². The first-order chi connectivity index (χ1) is 30.5. The summed E-state index contributed by atoms with van der Waals surface area (Å²) in [5.41, 5.74) is 1.73. The molecular weight excluding hydrogens is 814 g/mol. The normalized spacial score (nSPS) is 31.7. The lowest BCUT2D eigenvalue weighted by Crippen LogP contribution is -2.62. The average molecular weight is 874 g/mol. The molecule has 1 amide bonds. The van der Waals surface area contributed by atoms with Gasteiger partial charge in [0.1, 0.15) is 35.7 Å². The Morgan fingerprint density at radius 1 is 0.969 bits per heavy atom. The molecule has 6 aliphatic rings. The highest BCUT2D eigenvalue weighted by molar-refractivity contribution is 5.97. The van der Waals surface area contributed by atoms with Crippen LogP contribution in [0.4, 0.5) is 10.2 Å². The fourth-order valence-corrected chi connectivity index (χ4v) is 12.9. The van der Waals surface area contributed by atoms with Crippen molar-refractivity contribution in [2.24, 2.45) is 34.5 Å². The summed E-state index contributed by atoms with van der Waals surface area (Å²) in [4.78, 5) is 60.2. The topological polar surface area (TPSA) is 197 Å². The maximum Gasteiger partial charge on any atom is 0.254 e. The number of carbonyl (C=O) groups is 3. The first-order valence-electron chi connectivity index (χ1n) is 23.2. The molecule has 5 heterocycles. The number of likely N-dealkylation sites (tertiary alicyclic amines) is 1. The fourth-order valence-electron chi connectivity index (χ4n) is 12.9. The number of hydrogen-bond acceptors (Lipinski definition) is 11. The van der Waals surface area contributed by atoms with Gasteiger partial charge in [-0.15, -0.1) is 0 Å². The zero-order valence-corrected chi connectivity index (χ0v) is 37.4. The first-order valence-corrected chi connectivity index (χ1v) is 23.2. The van der Waals surface area contributed by atoms with Gasteiger partial charge in [0.05, 0.1) is 34.6 Å². The van der Waals surface area contributed by atoms with E-state index in [1.165, 1.54) is 12.6 Å². The number of aliphatic hydroxyl groups is 3. The van der Waals surface area contributed by atoms with E-state index in [0.717, 1.165) is 85.2 Å². The maximum atomic E-state index is 15.7. The van der Waals surface area contributed by atoms with Gasteiger partial charge in [0.25, 0.3) is 5.91 Å². The smallest absolute Gasteiger partial charge is 0.254 e. The standard InChI is InChI=1S/C29H28FN7O.C21H32O5/c1-18-12-19(2)22(13-21(18)27-34-23-14-26(36-8-3-9-36)33-17-24(23)35-27)28(38)37-10-6-29(30,7-11-37)25-5-4-20(15-31)16-32-25;1-19-7-5-13(23)9-12(19)3-4-14-15-6-8-21(26,17(25)11-22)20(15,2)10-16(24)18(14)19/h4-5,12-14,16-17H,3,6-11H2,1-2H3,(H,34,35);12-15,18,22-23,26H,3-11H2,1-2H3/t;12-,13-,14+,15+,18-,19+,20+,21+/m.1/s1. The third-order valence-corrected chi connectivity index (χ3v) is 16.9. The van der Waals surface area contributed by atoms with Crippen molar-refractivity contribution in [3.8, 4) is 17.5 Å². The Morgan fingerprint density at radius 2 is 1.73 bits per heavy atom. The molecule has 3 aromatic heterocycles. The van der Waals surface area contributed by atoms with Gasteiger partial charge >= 0.3 is 0 Å². The summed E-state index contributed by atoms with van der Waals surface area (Å²) in [6.45, 7) is 10.0. The highest BCUT2D eigenvalue weighted by atomic mass is 19.1. The number of rotatable bonds is 6. The number of aryl methyl sites for hydroxylation is 2. The molecule has 0 spiro atoms. The van der Waals surface area contributed by atoms with Gasteiger partial charge in [-0.05, 0) is 118 Å². The van der Waals surface area contributed by atoms with E-state index in [1.54, 1.807) is 17.0 Å². The molecule has 4 aromatic rings. The van der Waals surface area contributed by atoms with E-state index >= 15 is 4.39 Å². The average Bonchev–Trinajstić information content (AvgIpc) is 3.80. The molecule has 0 unspecified atom stereocenters. The third kappa shape index (κ3) is 7.22. The van der Waals surface area contributed by atoms with Gasteiger partial charge in [0, 0.05) is 80.2 Å². The monoisotopic (exact) mass is 873 g/mol. The number of alkyl halides is 1. The van der Waals surface area contributed by atoms with Crippen LogP contribution in [0.3, 0.4) is 0 Å². The number of nitrogens with one attached hydrogen (secondary N) is 1. The number of nitriles is 1. The number of hydrogen-bond donors (Lipinski definition) is 4. The minimum atomic E-state index is -1.62. The number of amides is 1. The molecule has 0 radical (unpaired) electrons. The molecule has 14 heteroatoms. The predicted molar refractivity (Wildman–Crippen MR) is 238 cm³/mol. The van der Waals surface area contributed by atoms with Gasteiger partial charge < -0.3 is 30.1 Å². The minimum absolute atomic E-state index is 0.0154. The lowest BCUT2D eigenvalue weighted by Gasteiger charge is -2.60. The number of Topliss-reactive ketones (excluding diaryl/α,β-unsaturated/α-hetero) is 2. The minimum Gasteiger partial charge on any atom is -0.393 e. The molecule has 6 fully saturated rings. The summed E-state index contributed by atoms with van der Waals surface area (Å²) < 4.78 is 15.7. The van der Waals surface area contributed by atoms with Crippen LogP contribution in [-0.2, 0) is 15.3 Å². The quantitative estimate of drug-likeness (QED) is 0.161. The molecular formula is C50H60FN7O6.